The van der Waals surface area contributed by atoms with Crippen LogP contribution in [0.4, 0.5) is 5.69 Å². The second-order valence-corrected chi connectivity index (χ2v) is 10.4. The number of nitrogens with two attached hydrogens (primary N) is 1. The molecular weight excluding hydrogens is 564 g/mol. The summed E-state index contributed by atoms with van der Waals surface area (Å²) in [5, 5.41) is 2.62. The minimum atomic E-state index is -1.94. The number of amides is 1. The maximum Gasteiger partial charge on any atom is 0.349 e. The van der Waals surface area contributed by atoms with Crippen molar-refractivity contribution < 1.29 is 57.2 Å². The van der Waals surface area contributed by atoms with Crippen molar-refractivity contribution in [1.29, 1.82) is 0 Å². The molecular formula is C26H34N2O12S. The molecule has 0 bridgehead atoms. The Morgan fingerprint density at radius 2 is 1.59 bits per heavy atom. The number of thioether (sulfide) groups is 1. The molecule has 0 saturated carbocycles. The highest BCUT2D eigenvalue weighted by Gasteiger charge is 2.58. The van der Waals surface area contributed by atoms with Gasteiger partial charge in [0.15, 0.2) is 12.2 Å². The molecule has 1 saturated heterocycles. The number of anilines is 1. The summed E-state index contributed by atoms with van der Waals surface area (Å²) in [4.78, 5) is 72.3. The van der Waals surface area contributed by atoms with Crippen molar-refractivity contribution in [1.82, 2.24) is 5.32 Å². The molecule has 15 heteroatoms. The summed E-state index contributed by atoms with van der Waals surface area (Å²) >= 11 is 0.899. The molecule has 0 aromatic heterocycles. The summed E-state index contributed by atoms with van der Waals surface area (Å²) in [6.45, 7) is 5.01. The highest BCUT2D eigenvalue weighted by atomic mass is 32.2. The number of carbonyl (C=O) groups excluding carboxylic acids is 6. The van der Waals surface area contributed by atoms with Gasteiger partial charge in [-0.05, 0) is 24.3 Å². The van der Waals surface area contributed by atoms with Gasteiger partial charge in [-0.25, -0.2) is 4.79 Å². The summed E-state index contributed by atoms with van der Waals surface area (Å²) < 4.78 is 32.9. The van der Waals surface area contributed by atoms with Crippen LogP contribution >= 0.6 is 11.8 Å². The molecule has 226 valence electrons. The van der Waals surface area contributed by atoms with E-state index in [4.69, 9.17) is 34.2 Å². The molecule has 1 fully saturated rings. The maximum absolute atomic E-state index is 13.4. The number of esters is 5. The third kappa shape index (κ3) is 9.63. The van der Waals surface area contributed by atoms with Crippen LogP contribution in [0.2, 0.25) is 0 Å². The van der Waals surface area contributed by atoms with E-state index in [2.05, 4.69) is 5.32 Å². The van der Waals surface area contributed by atoms with E-state index >= 15 is 0 Å². The smallest absolute Gasteiger partial charge is 0.349 e. The van der Waals surface area contributed by atoms with Crippen LogP contribution in [0.3, 0.4) is 0 Å². The molecule has 14 nitrogen and oxygen atoms in total. The molecule has 0 unspecified atom stereocenters. The van der Waals surface area contributed by atoms with Crippen LogP contribution in [0, 0.1) is 0 Å². The number of carbonyl (C=O) groups is 6. The first-order valence-electron chi connectivity index (χ1n) is 12.4. The molecule has 3 N–H and O–H groups in total. The quantitative estimate of drug-likeness (QED) is 0.207. The summed E-state index contributed by atoms with van der Waals surface area (Å²) in [6, 6.07) is 5.19. The number of nitrogen functional groups attached to an aromatic ring is 1. The van der Waals surface area contributed by atoms with Crippen LogP contribution in [0.15, 0.2) is 29.2 Å². The molecule has 1 heterocycles. The number of hydrogen-bond acceptors (Lipinski definition) is 14. The molecule has 0 radical (unpaired) electrons. The zero-order chi connectivity index (χ0) is 30.9. The topological polar surface area (TPSA) is 196 Å². The van der Waals surface area contributed by atoms with E-state index in [1.54, 1.807) is 24.3 Å². The number of nitrogens with one attached hydrogen (secondary N) is 1. The zero-order valence-corrected chi connectivity index (χ0v) is 24.3. The van der Waals surface area contributed by atoms with Crippen LogP contribution in [0.25, 0.3) is 0 Å². The number of hydrogen-bond donors (Lipinski definition) is 2. The fraction of sp³-hybridized carbons (Fsp3) is 0.538. The van der Waals surface area contributed by atoms with Crippen molar-refractivity contribution in [3.05, 3.63) is 24.3 Å². The van der Waals surface area contributed by atoms with Gasteiger partial charge in [-0.1, -0.05) is 11.8 Å². The minimum Gasteiger partial charge on any atom is -0.466 e. The standard InChI is InChI=1S/C26H34N2O12S/c1-13(29)28-22-20(37-15(3)31)11-26(25(34)35-6,41-19-9-7-18(27)8-10-19)40-24(22)23(39-17(5)33)21(38-16(4)32)12-36-14(2)30/h7-10,20-24H,11-12,27H2,1-6H3,(H,28,29)/t20-,21+,22+,23+,24+,26-/m0/s1. The van der Waals surface area contributed by atoms with E-state index < -0.39 is 77.8 Å². The Bertz CT molecular complexity index is 1140. The van der Waals surface area contributed by atoms with E-state index in [-0.39, 0.29) is 6.42 Å². The molecule has 1 aromatic carbocycles. The molecule has 1 aromatic rings. The van der Waals surface area contributed by atoms with Crippen molar-refractivity contribution in [2.75, 3.05) is 19.5 Å². The zero-order valence-electron chi connectivity index (χ0n) is 23.5. The van der Waals surface area contributed by atoms with Gasteiger partial charge < -0.3 is 39.5 Å². The van der Waals surface area contributed by atoms with E-state index in [1.807, 2.05) is 0 Å². The molecule has 1 amide bonds. The summed E-state index contributed by atoms with van der Waals surface area (Å²) in [5.41, 5.74) is 6.25. The van der Waals surface area contributed by atoms with Gasteiger partial charge in [0.2, 0.25) is 10.8 Å². The number of ether oxygens (including phenoxy) is 6. The average molecular weight is 599 g/mol. The SMILES string of the molecule is COC(=O)[C@@]1(Sc2ccc(N)cc2)C[C@H](OC(C)=O)[C@@H](NC(C)=O)[C@H]([C@H](OC(C)=O)[C@@H](COC(C)=O)OC(C)=O)O1. The number of rotatable bonds is 11. The Morgan fingerprint density at radius 3 is 2.07 bits per heavy atom. The van der Waals surface area contributed by atoms with E-state index in [9.17, 15) is 28.8 Å². The second kappa shape index (κ2) is 14.7. The fourth-order valence-corrected chi connectivity index (χ4v) is 5.46. The Balaban J connectivity index is 2.77. The maximum atomic E-state index is 13.4. The van der Waals surface area contributed by atoms with Crippen LogP contribution in [-0.4, -0.2) is 84.9 Å². The first kappa shape index (κ1) is 33.4. The molecule has 2 rings (SSSR count). The van der Waals surface area contributed by atoms with Crippen molar-refractivity contribution in [2.24, 2.45) is 0 Å². The summed E-state index contributed by atoms with van der Waals surface area (Å²) in [7, 11) is 1.12. The summed E-state index contributed by atoms with van der Waals surface area (Å²) in [6.07, 6.45) is -6.11. The first-order chi connectivity index (χ1) is 19.2. The van der Waals surface area contributed by atoms with E-state index in [1.165, 1.54) is 6.92 Å². The van der Waals surface area contributed by atoms with Crippen molar-refractivity contribution in [3.63, 3.8) is 0 Å². The fourth-order valence-electron chi connectivity index (χ4n) is 4.23. The molecule has 1 aliphatic heterocycles. The van der Waals surface area contributed by atoms with Crippen molar-refractivity contribution in [3.8, 4) is 0 Å². The average Bonchev–Trinajstić information content (AvgIpc) is 2.86. The van der Waals surface area contributed by atoms with Crippen LogP contribution < -0.4 is 11.1 Å². The second-order valence-electron chi connectivity index (χ2n) is 9.10. The normalized spacial score (nSPS) is 23.2. The lowest BCUT2D eigenvalue weighted by Crippen LogP contribution is -2.68. The van der Waals surface area contributed by atoms with Gasteiger partial charge >= 0.3 is 29.8 Å². The van der Waals surface area contributed by atoms with Gasteiger partial charge in [-0.15, -0.1) is 0 Å². The summed E-state index contributed by atoms with van der Waals surface area (Å²) in [5.74, 6) is -4.63. The van der Waals surface area contributed by atoms with Gasteiger partial charge in [0.1, 0.15) is 18.8 Å². The first-order valence-corrected chi connectivity index (χ1v) is 13.2. The van der Waals surface area contributed by atoms with E-state index in [0.717, 1.165) is 46.6 Å². The van der Waals surface area contributed by atoms with Gasteiger partial charge in [-0.3, -0.25) is 24.0 Å². The Labute approximate surface area is 240 Å². The Kier molecular flexibility index (Phi) is 11.9. The molecule has 6 atom stereocenters. The van der Waals surface area contributed by atoms with Crippen molar-refractivity contribution in [2.45, 2.75) is 81.3 Å². The largest absolute Gasteiger partial charge is 0.466 e. The third-order valence-electron chi connectivity index (χ3n) is 5.66. The Morgan fingerprint density at radius 1 is 0.976 bits per heavy atom. The highest BCUT2D eigenvalue weighted by molar-refractivity contribution is 8.01. The van der Waals surface area contributed by atoms with Crippen LogP contribution in [0.1, 0.15) is 41.0 Å². The van der Waals surface area contributed by atoms with Gasteiger partial charge in [0, 0.05) is 51.6 Å². The van der Waals surface area contributed by atoms with Crippen LogP contribution in [-0.2, 0) is 57.2 Å². The minimum absolute atomic E-state index is 0.315. The monoisotopic (exact) mass is 598 g/mol. The number of benzene rings is 1. The highest BCUT2D eigenvalue weighted by Crippen LogP contribution is 2.46. The predicted octanol–water partition coefficient (Wildman–Crippen LogP) is 0.882. The van der Waals surface area contributed by atoms with Crippen LogP contribution in [0.5, 0.6) is 0 Å². The molecule has 1 aliphatic rings. The van der Waals surface area contributed by atoms with Crippen molar-refractivity contribution >= 4 is 53.2 Å². The lowest BCUT2D eigenvalue weighted by molar-refractivity contribution is -0.224. The number of methoxy groups -OCH3 is 1. The van der Waals surface area contributed by atoms with Gasteiger partial charge in [-0.2, -0.15) is 0 Å². The van der Waals surface area contributed by atoms with E-state index in [0.29, 0.717) is 10.6 Å². The Hall–Kier alpha value is -3.85. The lowest BCUT2D eigenvalue weighted by Gasteiger charge is -2.48. The molecule has 0 spiro atoms. The predicted molar refractivity (Wildman–Crippen MR) is 142 cm³/mol. The van der Waals surface area contributed by atoms with Gasteiger partial charge in [0.25, 0.3) is 0 Å². The third-order valence-corrected chi connectivity index (χ3v) is 6.92. The lowest BCUT2D eigenvalue weighted by atomic mass is 9.89. The molecule has 0 aliphatic carbocycles. The van der Waals surface area contributed by atoms with Gasteiger partial charge in [0.05, 0.1) is 13.2 Å². The molecule has 41 heavy (non-hydrogen) atoms.